The van der Waals surface area contributed by atoms with E-state index in [1.807, 2.05) is 0 Å². The number of rotatable bonds is 0. The quantitative estimate of drug-likeness (QED) is 0.651. The van der Waals surface area contributed by atoms with Crippen LogP contribution in [-0.2, 0) is 6.42 Å². The van der Waals surface area contributed by atoms with Crippen molar-refractivity contribution in [1.29, 1.82) is 0 Å². The van der Waals surface area contributed by atoms with Crippen LogP contribution in [0, 0.1) is 0 Å². The molecule has 0 unspecified atom stereocenters. The van der Waals surface area contributed by atoms with Gasteiger partial charge in [-0.2, -0.15) is 0 Å². The number of aromatic nitrogens is 2. The fourth-order valence-corrected chi connectivity index (χ4v) is 1.77. The van der Waals surface area contributed by atoms with Crippen LogP contribution in [0.5, 0.6) is 0 Å². The van der Waals surface area contributed by atoms with E-state index in [0.717, 1.165) is 31.5 Å². The van der Waals surface area contributed by atoms with Gasteiger partial charge in [0.25, 0.3) is 5.91 Å². The van der Waals surface area contributed by atoms with Crippen molar-refractivity contribution in [2.45, 2.75) is 32.1 Å². The Bertz CT molecular complexity index is 319. The van der Waals surface area contributed by atoms with E-state index in [-0.39, 0.29) is 5.91 Å². The first-order valence-corrected chi connectivity index (χ1v) is 5.18. The molecule has 0 saturated carbocycles. The maximum absolute atomic E-state index is 11.6. The number of imidazole rings is 1. The third-order valence-electron chi connectivity index (χ3n) is 2.57. The van der Waals surface area contributed by atoms with Crippen LogP contribution in [0.15, 0.2) is 6.33 Å². The standard InChI is InChI=1S/C10H15N3O/c14-10-9-8(12-7-13-9)5-3-1-2-4-6-11-10/h7H,1-6H2,(H,11,14)(H,12,13). The van der Waals surface area contributed by atoms with Gasteiger partial charge in [0.15, 0.2) is 0 Å². The van der Waals surface area contributed by atoms with Gasteiger partial charge in [-0.05, 0) is 19.3 Å². The van der Waals surface area contributed by atoms with Gasteiger partial charge in [0.1, 0.15) is 5.69 Å². The van der Waals surface area contributed by atoms with Crippen LogP contribution in [0.3, 0.4) is 0 Å². The van der Waals surface area contributed by atoms with Gasteiger partial charge in [0.2, 0.25) is 0 Å². The van der Waals surface area contributed by atoms with Crippen LogP contribution < -0.4 is 5.32 Å². The highest BCUT2D eigenvalue weighted by molar-refractivity contribution is 5.93. The second kappa shape index (κ2) is 4.26. The summed E-state index contributed by atoms with van der Waals surface area (Å²) in [7, 11) is 0. The molecule has 0 aliphatic carbocycles. The molecule has 2 heterocycles. The SMILES string of the molecule is O=C1NCCCCCCc2nc[nH]c21. The smallest absolute Gasteiger partial charge is 0.269 e. The number of amides is 1. The number of carbonyl (C=O) groups excluding carboxylic acids is 1. The Balaban J connectivity index is 2.16. The topological polar surface area (TPSA) is 57.8 Å². The molecule has 0 spiro atoms. The van der Waals surface area contributed by atoms with Crippen LogP contribution in [0.2, 0.25) is 0 Å². The molecule has 0 saturated heterocycles. The first-order chi connectivity index (χ1) is 6.88. The molecule has 4 heteroatoms. The normalized spacial score (nSPS) is 18.4. The lowest BCUT2D eigenvalue weighted by molar-refractivity contribution is 0.0947. The third kappa shape index (κ3) is 1.95. The predicted octanol–water partition coefficient (Wildman–Crippen LogP) is 1.26. The summed E-state index contributed by atoms with van der Waals surface area (Å²) in [5.41, 5.74) is 1.55. The van der Waals surface area contributed by atoms with E-state index in [0.29, 0.717) is 5.69 Å². The molecular formula is C10H15N3O. The highest BCUT2D eigenvalue weighted by atomic mass is 16.1. The first kappa shape index (κ1) is 9.24. The van der Waals surface area contributed by atoms with Crippen LogP contribution in [-0.4, -0.2) is 22.4 Å². The Morgan fingerprint density at radius 1 is 1.21 bits per heavy atom. The van der Waals surface area contributed by atoms with Crippen molar-refractivity contribution >= 4 is 5.91 Å². The molecule has 14 heavy (non-hydrogen) atoms. The van der Waals surface area contributed by atoms with Crippen molar-refractivity contribution < 1.29 is 4.79 Å². The molecule has 0 aromatic carbocycles. The average molecular weight is 193 g/mol. The Kier molecular flexibility index (Phi) is 2.81. The summed E-state index contributed by atoms with van der Waals surface area (Å²) >= 11 is 0. The fraction of sp³-hybridized carbons (Fsp3) is 0.600. The Morgan fingerprint density at radius 2 is 2.07 bits per heavy atom. The number of carbonyl (C=O) groups is 1. The van der Waals surface area contributed by atoms with Gasteiger partial charge in [-0.3, -0.25) is 4.79 Å². The molecule has 1 amide bonds. The number of aromatic amines is 1. The van der Waals surface area contributed by atoms with Gasteiger partial charge in [0, 0.05) is 6.54 Å². The van der Waals surface area contributed by atoms with E-state index in [2.05, 4.69) is 15.3 Å². The minimum Gasteiger partial charge on any atom is -0.351 e. The molecule has 0 fully saturated rings. The summed E-state index contributed by atoms with van der Waals surface area (Å²) in [4.78, 5) is 18.7. The summed E-state index contributed by atoms with van der Waals surface area (Å²) in [5.74, 6) is -0.0144. The van der Waals surface area contributed by atoms with Gasteiger partial charge in [0.05, 0.1) is 12.0 Å². The highest BCUT2D eigenvalue weighted by Gasteiger charge is 2.14. The zero-order chi connectivity index (χ0) is 9.80. The van der Waals surface area contributed by atoms with Crippen LogP contribution in [0.25, 0.3) is 0 Å². The molecule has 2 N–H and O–H groups in total. The van der Waals surface area contributed by atoms with Gasteiger partial charge < -0.3 is 10.3 Å². The highest BCUT2D eigenvalue weighted by Crippen LogP contribution is 2.11. The van der Waals surface area contributed by atoms with Crippen LogP contribution in [0.4, 0.5) is 0 Å². The first-order valence-electron chi connectivity index (χ1n) is 5.18. The Labute approximate surface area is 83.1 Å². The number of aryl methyl sites for hydroxylation is 1. The zero-order valence-corrected chi connectivity index (χ0v) is 8.18. The molecule has 1 aliphatic heterocycles. The molecule has 2 rings (SSSR count). The van der Waals surface area contributed by atoms with Crippen molar-refractivity contribution in [2.24, 2.45) is 0 Å². The largest absolute Gasteiger partial charge is 0.351 e. The van der Waals surface area contributed by atoms with Crippen LogP contribution in [0.1, 0.15) is 41.9 Å². The van der Waals surface area contributed by atoms with Crippen molar-refractivity contribution in [1.82, 2.24) is 15.3 Å². The van der Waals surface area contributed by atoms with Crippen molar-refractivity contribution in [3.63, 3.8) is 0 Å². The Morgan fingerprint density at radius 3 is 3.00 bits per heavy atom. The monoisotopic (exact) mass is 193 g/mol. The summed E-state index contributed by atoms with van der Waals surface area (Å²) in [6.07, 6.45) is 7.14. The second-order valence-corrected chi connectivity index (χ2v) is 3.64. The fourth-order valence-electron chi connectivity index (χ4n) is 1.77. The molecular weight excluding hydrogens is 178 g/mol. The molecule has 0 atom stereocenters. The van der Waals surface area contributed by atoms with Crippen LogP contribution >= 0.6 is 0 Å². The summed E-state index contributed by atoms with van der Waals surface area (Å²) in [6, 6.07) is 0. The van der Waals surface area contributed by atoms with E-state index < -0.39 is 0 Å². The van der Waals surface area contributed by atoms with Gasteiger partial charge in [-0.1, -0.05) is 12.8 Å². The molecule has 0 bridgehead atoms. The van der Waals surface area contributed by atoms with E-state index in [1.165, 1.54) is 12.8 Å². The maximum Gasteiger partial charge on any atom is 0.269 e. The van der Waals surface area contributed by atoms with Crippen molar-refractivity contribution in [2.75, 3.05) is 6.54 Å². The molecule has 0 radical (unpaired) electrons. The molecule has 1 aromatic heterocycles. The number of fused-ring (bicyclic) bond motifs is 1. The lowest BCUT2D eigenvalue weighted by Crippen LogP contribution is -2.26. The minimum atomic E-state index is -0.0144. The minimum absolute atomic E-state index is 0.0144. The van der Waals surface area contributed by atoms with Gasteiger partial charge in [-0.15, -0.1) is 0 Å². The molecule has 76 valence electrons. The number of nitrogens with one attached hydrogen (secondary N) is 2. The van der Waals surface area contributed by atoms with Crippen molar-refractivity contribution in [3.8, 4) is 0 Å². The summed E-state index contributed by atoms with van der Waals surface area (Å²) in [6.45, 7) is 0.775. The van der Waals surface area contributed by atoms with Gasteiger partial charge >= 0.3 is 0 Å². The van der Waals surface area contributed by atoms with E-state index in [1.54, 1.807) is 6.33 Å². The van der Waals surface area contributed by atoms with E-state index in [9.17, 15) is 4.79 Å². The predicted molar refractivity (Wildman–Crippen MR) is 53.1 cm³/mol. The second-order valence-electron chi connectivity index (χ2n) is 3.64. The lowest BCUT2D eigenvalue weighted by Gasteiger charge is -2.08. The summed E-state index contributed by atoms with van der Waals surface area (Å²) in [5, 5.41) is 2.88. The third-order valence-corrected chi connectivity index (χ3v) is 2.57. The molecule has 4 nitrogen and oxygen atoms in total. The number of nitrogens with zero attached hydrogens (tertiary/aromatic N) is 1. The molecule has 1 aliphatic rings. The van der Waals surface area contributed by atoms with E-state index in [4.69, 9.17) is 0 Å². The van der Waals surface area contributed by atoms with E-state index >= 15 is 0 Å². The zero-order valence-electron chi connectivity index (χ0n) is 8.18. The summed E-state index contributed by atoms with van der Waals surface area (Å²) < 4.78 is 0. The Hall–Kier alpha value is -1.32. The number of hydrogen-bond donors (Lipinski definition) is 2. The van der Waals surface area contributed by atoms with Crippen molar-refractivity contribution in [3.05, 3.63) is 17.7 Å². The maximum atomic E-state index is 11.6. The number of H-pyrrole nitrogens is 1. The van der Waals surface area contributed by atoms with Gasteiger partial charge in [-0.25, -0.2) is 4.98 Å². The lowest BCUT2D eigenvalue weighted by atomic mass is 10.1. The average Bonchev–Trinajstić information content (AvgIpc) is 2.64. The molecule has 1 aromatic rings. The number of hydrogen-bond acceptors (Lipinski definition) is 2.